The highest BCUT2D eigenvalue weighted by molar-refractivity contribution is 5.56. The molecule has 1 aromatic heterocycles. The molecule has 0 saturated carbocycles. The zero-order chi connectivity index (χ0) is 16.9. The van der Waals surface area contributed by atoms with Gasteiger partial charge in [0.25, 0.3) is 0 Å². The summed E-state index contributed by atoms with van der Waals surface area (Å²) in [6.07, 6.45) is -0.754. The van der Waals surface area contributed by atoms with Crippen LogP contribution in [-0.2, 0) is 0 Å². The molecule has 6 heteroatoms. The second kappa shape index (κ2) is 7.14. The SMILES string of the molecule is COc1cccc(C(O)COc2cccc(-c3noc(C)n3)c2)c1. The third-order valence-corrected chi connectivity index (χ3v) is 3.51. The van der Waals surface area contributed by atoms with Gasteiger partial charge in [0.1, 0.15) is 24.2 Å². The fourth-order valence-electron chi connectivity index (χ4n) is 2.26. The van der Waals surface area contributed by atoms with E-state index in [9.17, 15) is 5.11 Å². The summed E-state index contributed by atoms with van der Waals surface area (Å²) in [5, 5.41) is 14.2. The molecule has 0 bridgehead atoms. The summed E-state index contributed by atoms with van der Waals surface area (Å²) in [6.45, 7) is 1.86. The summed E-state index contributed by atoms with van der Waals surface area (Å²) < 4.78 is 15.8. The lowest BCUT2D eigenvalue weighted by Gasteiger charge is -2.14. The summed E-state index contributed by atoms with van der Waals surface area (Å²) in [5.74, 6) is 2.33. The molecule has 1 heterocycles. The second-order valence-corrected chi connectivity index (χ2v) is 5.27. The first kappa shape index (κ1) is 16.0. The molecule has 0 aliphatic rings. The van der Waals surface area contributed by atoms with Crippen LogP contribution in [0.25, 0.3) is 11.4 Å². The van der Waals surface area contributed by atoms with Crippen LogP contribution in [-0.4, -0.2) is 29.0 Å². The van der Waals surface area contributed by atoms with Gasteiger partial charge in [-0.3, -0.25) is 0 Å². The largest absolute Gasteiger partial charge is 0.497 e. The van der Waals surface area contributed by atoms with Gasteiger partial charge in [-0.05, 0) is 29.8 Å². The predicted molar refractivity (Wildman–Crippen MR) is 87.9 cm³/mol. The van der Waals surface area contributed by atoms with Crippen LogP contribution in [0.3, 0.4) is 0 Å². The molecule has 1 unspecified atom stereocenters. The number of hydrogen-bond donors (Lipinski definition) is 1. The Balaban J connectivity index is 1.68. The molecule has 124 valence electrons. The van der Waals surface area contributed by atoms with Crippen LogP contribution in [0.4, 0.5) is 0 Å². The Morgan fingerprint density at radius 1 is 1.12 bits per heavy atom. The molecule has 0 amide bonds. The lowest BCUT2D eigenvalue weighted by molar-refractivity contribution is 0.108. The monoisotopic (exact) mass is 326 g/mol. The maximum Gasteiger partial charge on any atom is 0.223 e. The van der Waals surface area contributed by atoms with Gasteiger partial charge in [0.15, 0.2) is 0 Å². The van der Waals surface area contributed by atoms with E-state index in [-0.39, 0.29) is 6.61 Å². The van der Waals surface area contributed by atoms with Crippen molar-refractivity contribution in [2.24, 2.45) is 0 Å². The van der Waals surface area contributed by atoms with Crippen molar-refractivity contribution < 1.29 is 19.1 Å². The molecule has 24 heavy (non-hydrogen) atoms. The van der Waals surface area contributed by atoms with Gasteiger partial charge in [-0.1, -0.05) is 29.4 Å². The maximum atomic E-state index is 10.3. The molecular formula is C18H18N2O4. The maximum absolute atomic E-state index is 10.3. The highest BCUT2D eigenvalue weighted by atomic mass is 16.5. The first-order chi connectivity index (χ1) is 11.7. The van der Waals surface area contributed by atoms with Gasteiger partial charge in [-0.25, -0.2) is 0 Å². The summed E-state index contributed by atoms with van der Waals surface area (Å²) in [5.41, 5.74) is 1.53. The number of methoxy groups -OCH3 is 1. The van der Waals surface area contributed by atoms with Crippen molar-refractivity contribution in [1.82, 2.24) is 10.1 Å². The molecule has 3 aromatic rings. The molecule has 1 atom stereocenters. The molecule has 6 nitrogen and oxygen atoms in total. The molecule has 0 saturated heterocycles. The number of benzene rings is 2. The molecule has 0 radical (unpaired) electrons. The third-order valence-electron chi connectivity index (χ3n) is 3.51. The average Bonchev–Trinajstić information content (AvgIpc) is 3.06. The number of aromatic nitrogens is 2. The lowest BCUT2D eigenvalue weighted by atomic mass is 10.1. The smallest absolute Gasteiger partial charge is 0.223 e. The molecule has 0 fully saturated rings. The first-order valence-electron chi connectivity index (χ1n) is 7.51. The Bertz CT molecular complexity index is 816. The number of ether oxygens (including phenoxy) is 2. The fourth-order valence-corrected chi connectivity index (χ4v) is 2.26. The normalized spacial score (nSPS) is 12.0. The number of nitrogens with zero attached hydrogens (tertiary/aromatic N) is 2. The van der Waals surface area contributed by atoms with Crippen molar-refractivity contribution in [1.29, 1.82) is 0 Å². The average molecular weight is 326 g/mol. The van der Waals surface area contributed by atoms with Crippen molar-refractivity contribution >= 4 is 0 Å². The second-order valence-electron chi connectivity index (χ2n) is 5.27. The Labute approximate surface area is 139 Å². The highest BCUT2D eigenvalue weighted by Gasteiger charge is 2.11. The van der Waals surface area contributed by atoms with E-state index in [0.717, 1.165) is 11.1 Å². The minimum Gasteiger partial charge on any atom is -0.497 e. The first-order valence-corrected chi connectivity index (χ1v) is 7.51. The zero-order valence-corrected chi connectivity index (χ0v) is 13.5. The van der Waals surface area contributed by atoms with Crippen molar-refractivity contribution in [3.05, 3.63) is 60.0 Å². The molecule has 0 aliphatic carbocycles. The van der Waals surface area contributed by atoms with E-state index in [4.69, 9.17) is 14.0 Å². The molecule has 3 rings (SSSR count). The van der Waals surface area contributed by atoms with Gasteiger partial charge in [-0.15, -0.1) is 0 Å². The number of aryl methyl sites for hydroxylation is 1. The van der Waals surface area contributed by atoms with Crippen molar-refractivity contribution in [2.45, 2.75) is 13.0 Å². The van der Waals surface area contributed by atoms with Crippen LogP contribution in [0.2, 0.25) is 0 Å². The highest BCUT2D eigenvalue weighted by Crippen LogP contribution is 2.24. The van der Waals surface area contributed by atoms with Gasteiger partial charge in [0.05, 0.1) is 7.11 Å². The summed E-state index contributed by atoms with van der Waals surface area (Å²) in [4.78, 5) is 4.19. The van der Waals surface area contributed by atoms with Gasteiger partial charge in [-0.2, -0.15) is 4.98 Å². The molecule has 0 spiro atoms. The molecule has 2 aromatic carbocycles. The van der Waals surface area contributed by atoms with Crippen LogP contribution in [0.1, 0.15) is 17.6 Å². The summed E-state index contributed by atoms with van der Waals surface area (Å²) in [7, 11) is 1.59. The van der Waals surface area contributed by atoms with Gasteiger partial charge in [0, 0.05) is 12.5 Å². The van der Waals surface area contributed by atoms with Crippen molar-refractivity contribution in [3.63, 3.8) is 0 Å². The Kier molecular flexibility index (Phi) is 4.77. The number of aliphatic hydroxyl groups is 1. The Morgan fingerprint density at radius 2 is 1.92 bits per heavy atom. The van der Waals surface area contributed by atoms with Crippen LogP contribution >= 0.6 is 0 Å². The van der Waals surface area contributed by atoms with Crippen LogP contribution < -0.4 is 9.47 Å². The van der Waals surface area contributed by atoms with E-state index in [1.807, 2.05) is 42.5 Å². The van der Waals surface area contributed by atoms with Crippen LogP contribution in [0.15, 0.2) is 53.1 Å². The topological polar surface area (TPSA) is 77.6 Å². The summed E-state index contributed by atoms with van der Waals surface area (Å²) >= 11 is 0. The Morgan fingerprint density at radius 3 is 2.67 bits per heavy atom. The molecular weight excluding hydrogens is 308 g/mol. The lowest BCUT2D eigenvalue weighted by Crippen LogP contribution is -2.09. The Hall–Kier alpha value is -2.86. The van der Waals surface area contributed by atoms with Crippen LogP contribution in [0.5, 0.6) is 11.5 Å². The standard InChI is InChI=1S/C18H18N2O4/c1-12-19-18(20-24-12)14-6-4-8-16(10-14)23-11-17(21)13-5-3-7-15(9-13)22-2/h3-10,17,21H,11H2,1-2H3. The van der Waals surface area contributed by atoms with E-state index in [0.29, 0.717) is 23.2 Å². The van der Waals surface area contributed by atoms with E-state index >= 15 is 0 Å². The number of rotatable bonds is 6. The summed E-state index contributed by atoms with van der Waals surface area (Å²) in [6, 6.07) is 14.6. The fraction of sp³-hybridized carbons (Fsp3) is 0.222. The van der Waals surface area contributed by atoms with E-state index in [1.54, 1.807) is 20.1 Å². The molecule has 1 N–H and O–H groups in total. The van der Waals surface area contributed by atoms with Gasteiger partial charge < -0.3 is 19.1 Å². The third kappa shape index (κ3) is 3.72. The van der Waals surface area contributed by atoms with E-state index < -0.39 is 6.10 Å². The zero-order valence-electron chi connectivity index (χ0n) is 13.5. The van der Waals surface area contributed by atoms with Gasteiger partial charge in [0.2, 0.25) is 11.7 Å². The van der Waals surface area contributed by atoms with E-state index in [2.05, 4.69) is 10.1 Å². The van der Waals surface area contributed by atoms with Crippen LogP contribution in [0, 0.1) is 6.92 Å². The minimum absolute atomic E-state index is 0.127. The number of hydrogen-bond acceptors (Lipinski definition) is 6. The van der Waals surface area contributed by atoms with Crippen molar-refractivity contribution in [3.8, 4) is 22.9 Å². The van der Waals surface area contributed by atoms with E-state index in [1.165, 1.54) is 0 Å². The molecule has 0 aliphatic heterocycles. The predicted octanol–water partition coefficient (Wildman–Crippen LogP) is 3.17. The minimum atomic E-state index is -0.754. The number of aliphatic hydroxyl groups excluding tert-OH is 1. The van der Waals surface area contributed by atoms with Crippen molar-refractivity contribution in [2.75, 3.05) is 13.7 Å². The quantitative estimate of drug-likeness (QED) is 0.750. The van der Waals surface area contributed by atoms with Gasteiger partial charge >= 0.3 is 0 Å².